The first-order chi connectivity index (χ1) is 7.49. The SMILES string of the molecule is C=CCc1ccc(C(=O)C(C)[NH3+])c(C)c1C.[Br-]. The lowest BCUT2D eigenvalue weighted by atomic mass is 9.92. The summed E-state index contributed by atoms with van der Waals surface area (Å²) in [5, 5.41) is 0. The van der Waals surface area contributed by atoms with E-state index in [1.54, 1.807) is 0 Å². The highest BCUT2D eigenvalue weighted by Crippen LogP contribution is 2.19. The zero-order valence-corrected chi connectivity index (χ0v) is 12.3. The standard InChI is InChI=1S/C14H19NO.BrH/c1-5-6-12-7-8-13(10(3)9(12)2)14(16)11(4)15;/h5,7-8,11H,1,6,15H2,2-4H3;1H. The zero-order valence-electron chi connectivity index (χ0n) is 10.7. The van der Waals surface area contributed by atoms with Crippen LogP contribution in [0.4, 0.5) is 0 Å². The Morgan fingerprint density at radius 1 is 1.41 bits per heavy atom. The molecule has 1 aromatic rings. The van der Waals surface area contributed by atoms with Gasteiger partial charge < -0.3 is 22.7 Å². The van der Waals surface area contributed by atoms with Gasteiger partial charge in [0.15, 0.2) is 0 Å². The minimum absolute atomic E-state index is 0. The molecule has 0 spiro atoms. The molecule has 0 radical (unpaired) electrons. The van der Waals surface area contributed by atoms with Gasteiger partial charge in [0, 0.05) is 5.56 Å². The largest absolute Gasteiger partial charge is 1.00 e. The predicted molar refractivity (Wildman–Crippen MR) is 66.5 cm³/mol. The molecule has 3 heteroatoms. The average molecular weight is 298 g/mol. The average Bonchev–Trinajstić information content (AvgIpc) is 2.24. The van der Waals surface area contributed by atoms with E-state index in [2.05, 4.69) is 19.2 Å². The fourth-order valence-electron chi connectivity index (χ4n) is 1.79. The summed E-state index contributed by atoms with van der Waals surface area (Å²) in [6, 6.07) is 3.73. The van der Waals surface area contributed by atoms with Gasteiger partial charge in [-0.05, 0) is 43.9 Å². The Balaban J connectivity index is 0.00000256. The summed E-state index contributed by atoms with van der Waals surface area (Å²) in [7, 11) is 0. The molecule has 0 saturated heterocycles. The van der Waals surface area contributed by atoms with Gasteiger partial charge in [-0.15, -0.1) is 6.58 Å². The van der Waals surface area contributed by atoms with Crippen molar-refractivity contribution in [2.45, 2.75) is 33.2 Å². The van der Waals surface area contributed by atoms with Crippen LogP contribution >= 0.6 is 0 Å². The van der Waals surface area contributed by atoms with Gasteiger partial charge in [-0.2, -0.15) is 0 Å². The van der Waals surface area contributed by atoms with Crippen molar-refractivity contribution in [1.29, 1.82) is 0 Å². The Hall–Kier alpha value is -0.930. The molecule has 1 atom stereocenters. The number of allylic oxidation sites excluding steroid dienone is 1. The summed E-state index contributed by atoms with van der Waals surface area (Å²) < 4.78 is 0. The summed E-state index contributed by atoms with van der Waals surface area (Å²) in [4.78, 5) is 11.9. The van der Waals surface area contributed by atoms with Crippen molar-refractivity contribution < 1.29 is 27.5 Å². The van der Waals surface area contributed by atoms with Gasteiger partial charge >= 0.3 is 0 Å². The van der Waals surface area contributed by atoms with E-state index in [9.17, 15) is 4.79 Å². The van der Waals surface area contributed by atoms with E-state index in [4.69, 9.17) is 0 Å². The van der Waals surface area contributed by atoms with Crippen LogP contribution in [0, 0.1) is 13.8 Å². The third-order valence-corrected chi connectivity index (χ3v) is 2.98. The number of rotatable bonds is 4. The molecule has 0 saturated carbocycles. The summed E-state index contributed by atoms with van der Waals surface area (Å²) >= 11 is 0. The molecule has 0 fully saturated rings. The Morgan fingerprint density at radius 2 is 2.00 bits per heavy atom. The van der Waals surface area contributed by atoms with Crippen molar-refractivity contribution in [2.24, 2.45) is 0 Å². The van der Waals surface area contributed by atoms with E-state index in [1.165, 1.54) is 11.1 Å². The van der Waals surface area contributed by atoms with Crippen molar-refractivity contribution in [3.05, 3.63) is 47.0 Å². The maximum atomic E-state index is 11.9. The highest BCUT2D eigenvalue weighted by atomic mass is 79.9. The number of benzene rings is 1. The first-order valence-corrected chi connectivity index (χ1v) is 5.56. The van der Waals surface area contributed by atoms with Crippen LogP contribution < -0.4 is 22.7 Å². The molecule has 1 rings (SSSR count). The normalized spacial score (nSPS) is 11.5. The lowest BCUT2D eigenvalue weighted by Gasteiger charge is -2.12. The molecule has 1 aromatic carbocycles. The van der Waals surface area contributed by atoms with Crippen LogP contribution in [0.15, 0.2) is 24.8 Å². The van der Waals surface area contributed by atoms with E-state index in [0.717, 1.165) is 17.5 Å². The molecule has 17 heavy (non-hydrogen) atoms. The van der Waals surface area contributed by atoms with Gasteiger partial charge in [0.25, 0.3) is 0 Å². The number of halogens is 1. The molecular weight excluding hydrogens is 278 g/mol. The Labute approximate surface area is 114 Å². The number of Topliss-reactive ketones (excluding diaryl/α,β-unsaturated/α-hetero) is 1. The highest BCUT2D eigenvalue weighted by molar-refractivity contribution is 6.00. The lowest BCUT2D eigenvalue weighted by Crippen LogP contribution is -3.00. The molecular formula is C14H20BrNO. The molecule has 3 N–H and O–H groups in total. The van der Waals surface area contributed by atoms with E-state index in [0.29, 0.717) is 0 Å². The summed E-state index contributed by atoms with van der Waals surface area (Å²) in [6.45, 7) is 9.62. The van der Waals surface area contributed by atoms with Gasteiger partial charge in [-0.1, -0.05) is 18.2 Å². The Bertz CT molecular complexity index is 424. The number of hydrogen-bond donors (Lipinski definition) is 1. The van der Waals surface area contributed by atoms with E-state index >= 15 is 0 Å². The second-order valence-corrected chi connectivity index (χ2v) is 4.28. The predicted octanol–water partition coefficient (Wildman–Crippen LogP) is -1.15. The molecule has 94 valence electrons. The molecule has 1 unspecified atom stereocenters. The monoisotopic (exact) mass is 297 g/mol. The Morgan fingerprint density at radius 3 is 2.47 bits per heavy atom. The van der Waals surface area contributed by atoms with Crippen LogP contribution in [0.3, 0.4) is 0 Å². The van der Waals surface area contributed by atoms with Gasteiger partial charge in [-0.25, -0.2) is 0 Å². The highest BCUT2D eigenvalue weighted by Gasteiger charge is 2.17. The van der Waals surface area contributed by atoms with Gasteiger partial charge in [0.2, 0.25) is 5.78 Å². The van der Waals surface area contributed by atoms with Crippen LogP contribution in [-0.4, -0.2) is 11.8 Å². The lowest BCUT2D eigenvalue weighted by molar-refractivity contribution is -0.393. The van der Waals surface area contributed by atoms with Crippen LogP contribution in [0.2, 0.25) is 0 Å². The maximum absolute atomic E-state index is 11.9. The number of hydrogen-bond acceptors (Lipinski definition) is 1. The van der Waals surface area contributed by atoms with Crippen molar-refractivity contribution in [2.75, 3.05) is 0 Å². The summed E-state index contributed by atoms with van der Waals surface area (Å²) in [5.74, 6) is 0.116. The van der Waals surface area contributed by atoms with Gasteiger partial charge in [-0.3, -0.25) is 4.79 Å². The second-order valence-electron chi connectivity index (χ2n) is 4.28. The number of quaternary nitrogens is 1. The number of carbonyl (C=O) groups is 1. The molecule has 0 amide bonds. The van der Waals surface area contributed by atoms with Crippen LogP contribution in [0.5, 0.6) is 0 Å². The van der Waals surface area contributed by atoms with E-state index in [-0.39, 0.29) is 28.8 Å². The van der Waals surface area contributed by atoms with Crippen LogP contribution in [0.25, 0.3) is 0 Å². The third-order valence-electron chi connectivity index (χ3n) is 2.98. The second kappa shape index (κ2) is 6.72. The minimum Gasteiger partial charge on any atom is -1.00 e. The van der Waals surface area contributed by atoms with Crippen molar-refractivity contribution in [3.8, 4) is 0 Å². The quantitative estimate of drug-likeness (QED) is 0.554. The maximum Gasteiger partial charge on any atom is 0.219 e. The van der Waals surface area contributed by atoms with Crippen molar-refractivity contribution >= 4 is 5.78 Å². The number of ketones is 1. The topological polar surface area (TPSA) is 44.7 Å². The molecule has 0 aromatic heterocycles. The Kier molecular flexibility index (Phi) is 6.35. The first kappa shape index (κ1) is 16.1. The molecule has 0 aliphatic heterocycles. The fourth-order valence-corrected chi connectivity index (χ4v) is 1.79. The summed E-state index contributed by atoms with van der Waals surface area (Å²) in [6.07, 6.45) is 2.73. The molecule has 0 aliphatic carbocycles. The van der Waals surface area contributed by atoms with Crippen LogP contribution in [-0.2, 0) is 6.42 Å². The third kappa shape index (κ3) is 3.51. The minimum atomic E-state index is -0.191. The zero-order chi connectivity index (χ0) is 12.3. The van der Waals surface area contributed by atoms with Crippen molar-refractivity contribution in [3.63, 3.8) is 0 Å². The number of carbonyl (C=O) groups excluding carboxylic acids is 1. The molecule has 0 aliphatic rings. The van der Waals surface area contributed by atoms with E-state index in [1.807, 2.05) is 32.1 Å². The smallest absolute Gasteiger partial charge is 0.219 e. The van der Waals surface area contributed by atoms with Gasteiger partial charge in [0.1, 0.15) is 6.04 Å². The van der Waals surface area contributed by atoms with Gasteiger partial charge in [0.05, 0.1) is 0 Å². The fraction of sp³-hybridized carbons (Fsp3) is 0.357. The first-order valence-electron chi connectivity index (χ1n) is 5.56. The molecule has 0 heterocycles. The van der Waals surface area contributed by atoms with E-state index < -0.39 is 0 Å². The van der Waals surface area contributed by atoms with Crippen LogP contribution in [0.1, 0.15) is 34.0 Å². The summed E-state index contributed by atoms with van der Waals surface area (Å²) in [5.41, 5.74) is 8.07. The van der Waals surface area contributed by atoms with Crippen molar-refractivity contribution in [1.82, 2.24) is 0 Å². The molecule has 0 bridgehead atoms. The molecule has 2 nitrogen and oxygen atoms in total.